The summed E-state index contributed by atoms with van der Waals surface area (Å²) in [4.78, 5) is 36.1. The van der Waals surface area contributed by atoms with Crippen molar-refractivity contribution in [2.24, 2.45) is 0 Å². The third kappa shape index (κ3) is 3.73. The van der Waals surface area contributed by atoms with Crippen LogP contribution in [0.25, 0.3) is 22.3 Å². The molecule has 144 valence electrons. The predicted molar refractivity (Wildman–Crippen MR) is 101 cm³/mol. The SMILES string of the molecule is CCC(=O)Oc1cc2oc(-c3ccccc3)cc(=O)c2c(O)c1OC(=O)CC. The second kappa shape index (κ2) is 7.96. The van der Waals surface area contributed by atoms with Crippen molar-refractivity contribution >= 4 is 22.9 Å². The molecule has 0 bridgehead atoms. The molecule has 0 atom stereocenters. The molecule has 2 aromatic carbocycles. The average molecular weight is 382 g/mol. The smallest absolute Gasteiger partial charge is 0.311 e. The van der Waals surface area contributed by atoms with Gasteiger partial charge in [0.15, 0.2) is 16.9 Å². The summed E-state index contributed by atoms with van der Waals surface area (Å²) < 4.78 is 16.0. The van der Waals surface area contributed by atoms with E-state index in [9.17, 15) is 19.5 Å². The second-order valence-corrected chi connectivity index (χ2v) is 5.92. The molecule has 0 aliphatic heterocycles. The van der Waals surface area contributed by atoms with Gasteiger partial charge in [-0.05, 0) is 0 Å². The number of hydrogen-bond donors (Lipinski definition) is 1. The van der Waals surface area contributed by atoms with E-state index in [4.69, 9.17) is 13.9 Å². The molecule has 1 N–H and O–H groups in total. The summed E-state index contributed by atoms with van der Waals surface area (Å²) in [6, 6.07) is 11.4. The van der Waals surface area contributed by atoms with E-state index in [1.54, 1.807) is 38.1 Å². The third-order valence-electron chi connectivity index (χ3n) is 3.99. The summed E-state index contributed by atoms with van der Waals surface area (Å²) in [5.41, 5.74) is 0.133. The molecule has 3 aromatic rings. The lowest BCUT2D eigenvalue weighted by Crippen LogP contribution is -2.12. The van der Waals surface area contributed by atoms with Gasteiger partial charge < -0.3 is 19.0 Å². The molecule has 0 aliphatic carbocycles. The number of hydrogen-bond acceptors (Lipinski definition) is 7. The van der Waals surface area contributed by atoms with Crippen molar-refractivity contribution in [2.75, 3.05) is 0 Å². The van der Waals surface area contributed by atoms with E-state index in [2.05, 4.69) is 0 Å². The fraction of sp³-hybridized carbons (Fsp3) is 0.190. The van der Waals surface area contributed by atoms with Gasteiger partial charge in [0.1, 0.15) is 16.7 Å². The highest BCUT2D eigenvalue weighted by Gasteiger charge is 2.23. The molecule has 1 aromatic heterocycles. The fourth-order valence-corrected chi connectivity index (χ4v) is 2.56. The van der Waals surface area contributed by atoms with E-state index in [0.29, 0.717) is 5.56 Å². The predicted octanol–water partition coefficient (Wildman–Crippen LogP) is 3.80. The number of esters is 2. The van der Waals surface area contributed by atoms with Crippen molar-refractivity contribution in [1.29, 1.82) is 0 Å². The van der Waals surface area contributed by atoms with Gasteiger partial charge in [0.25, 0.3) is 0 Å². The van der Waals surface area contributed by atoms with Crippen LogP contribution in [0.2, 0.25) is 0 Å². The summed E-state index contributed by atoms with van der Waals surface area (Å²) in [5.74, 6) is -2.19. The lowest BCUT2D eigenvalue weighted by atomic mass is 10.1. The summed E-state index contributed by atoms with van der Waals surface area (Å²) in [6.45, 7) is 3.16. The molecular weight excluding hydrogens is 364 g/mol. The molecule has 1 heterocycles. The van der Waals surface area contributed by atoms with Gasteiger partial charge in [0.2, 0.25) is 5.75 Å². The summed E-state index contributed by atoms with van der Waals surface area (Å²) in [7, 11) is 0. The van der Waals surface area contributed by atoms with Crippen LogP contribution in [-0.2, 0) is 9.59 Å². The Bertz CT molecular complexity index is 1100. The monoisotopic (exact) mass is 382 g/mol. The van der Waals surface area contributed by atoms with Gasteiger partial charge in [-0.25, -0.2) is 0 Å². The molecule has 7 heteroatoms. The molecule has 0 aliphatic rings. The Balaban J connectivity index is 2.25. The number of phenolic OH excluding ortho intramolecular Hbond substituents is 1. The Morgan fingerprint density at radius 1 is 1.00 bits per heavy atom. The number of carbonyl (C=O) groups is 2. The Morgan fingerprint density at radius 3 is 2.29 bits per heavy atom. The van der Waals surface area contributed by atoms with Crippen LogP contribution in [-0.4, -0.2) is 17.0 Å². The zero-order valence-electron chi connectivity index (χ0n) is 15.4. The molecular formula is C21H18O7. The Hall–Kier alpha value is -3.61. The molecule has 0 unspecified atom stereocenters. The molecule has 7 nitrogen and oxygen atoms in total. The minimum absolute atomic E-state index is 0.000876. The molecule has 0 amide bonds. The van der Waals surface area contributed by atoms with Crippen molar-refractivity contribution in [2.45, 2.75) is 26.7 Å². The zero-order valence-corrected chi connectivity index (χ0v) is 15.4. The molecule has 0 saturated heterocycles. The van der Waals surface area contributed by atoms with Crippen molar-refractivity contribution in [3.05, 3.63) is 52.7 Å². The van der Waals surface area contributed by atoms with Crippen LogP contribution in [0, 0.1) is 0 Å². The van der Waals surface area contributed by atoms with Gasteiger partial charge in [0, 0.05) is 30.5 Å². The van der Waals surface area contributed by atoms with Gasteiger partial charge in [-0.2, -0.15) is 0 Å². The van der Waals surface area contributed by atoms with Crippen LogP contribution in [0.5, 0.6) is 17.2 Å². The van der Waals surface area contributed by atoms with Gasteiger partial charge in [-0.15, -0.1) is 0 Å². The van der Waals surface area contributed by atoms with Crippen LogP contribution in [0.1, 0.15) is 26.7 Å². The molecule has 3 rings (SSSR count). The maximum atomic E-state index is 12.6. The normalized spacial score (nSPS) is 10.6. The fourth-order valence-electron chi connectivity index (χ4n) is 2.56. The summed E-state index contributed by atoms with van der Waals surface area (Å²) >= 11 is 0. The van der Waals surface area contributed by atoms with Crippen molar-refractivity contribution < 1.29 is 28.6 Å². The van der Waals surface area contributed by atoms with Gasteiger partial charge in [-0.1, -0.05) is 44.2 Å². The van der Waals surface area contributed by atoms with E-state index < -0.39 is 23.1 Å². The highest BCUT2D eigenvalue weighted by molar-refractivity contribution is 5.92. The first-order valence-corrected chi connectivity index (χ1v) is 8.75. The van der Waals surface area contributed by atoms with Gasteiger partial charge in [0.05, 0.1) is 0 Å². The molecule has 28 heavy (non-hydrogen) atoms. The second-order valence-electron chi connectivity index (χ2n) is 5.92. The summed E-state index contributed by atoms with van der Waals surface area (Å²) in [6.07, 6.45) is 0.0914. The number of ether oxygens (including phenoxy) is 2. The van der Waals surface area contributed by atoms with Crippen molar-refractivity contribution in [3.8, 4) is 28.6 Å². The number of aromatic hydroxyl groups is 1. The van der Waals surface area contributed by atoms with E-state index in [1.165, 1.54) is 12.1 Å². The van der Waals surface area contributed by atoms with E-state index in [1.807, 2.05) is 6.07 Å². The average Bonchev–Trinajstić information content (AvgIpc) is 2.70. The number of fused-ring (bicyclic) bond motifs is 1. The van der Waals surface area contributed by atoms with Crippen LogP contribution in [0.4, 0.5) is 0 Å². The quantitative estimate of drug-likeness (QED) is 0.529. The minimum atomic E-state index is -0.659. The molecule has 0 saturated carbocycles. The minimum Gasteiger partial charge on any atom is -0.504 e. The van der Waals surface area contributed by atoms with Gasteiger partial charge in [-0.3, -0.25) is 14.4 Å². The lowest BCUT2D eigenvalue weighted by molar-refractivity contribution is -0.136. The van der Waals surface area contributed by atoms with E-state index >= 15 is 0 Å². The van der Waals surface area contributed by atoms with Crippen LogP contribution in [0.15, 0.2) is 51.7 Å². The van der Waals surface area contributed by atoms with Crippen LogP contribution in [0.3, 0.4) is 0 Å². The first-order chi connectivity index (χ1) is 13.4. The number of benzene rings is 2. The first-order valence-electron chi connectivity index (χ1n) is 8.75. The lowest BCUT2D eigenvalue weighted by Gasteiger charge is -2.13. The van der Waals surface area contributed by atoms with Crippen molar-refractivity contribution in [1.82, 2.24) is 0 Å². The van der Waals surface area contributed by atoms with E-state index in [0.717, 1.165) is 0 Å². The summed E-state index contributed by atoms with van der Waals surface area (Å²) in [5, 5.41) is 10.4. The van der Waals surface area contributed by atoms with Crippen LogP contribution < -0.4 is 14.9 Å². The Kier molecular flexibility index (Phi) is 5.44. The largest absolute Gasteiger partial charge is 0.504 e. The zero-order chi connectivity index (χ0) is 20.3. The number of carbonyl (C=O) groups excluding carboxylic acids is 2. The maximum absolute atomic E-state index is 12.6. The van der Waals surface area contributed by atoms with Gasteiger partial charge >= 0.3 is 11.9 Å². The standard InChI is InChI=1S/C21H18O7/c1-3-17(23)27-16-11-15-19(20(25)21(16)28-18(24)4-2)13(22)10-14(26-15)12-8-6-5-7-9-12/h5-11,25H,3-4H2,1-2H3. The highest BCUT2D eigenvalue weighted by Crippen LogP contribution is 2.43. The van der Waals surface area contributed by atoms with Crippen molar-refractivity contribution in [3.63, 3.8) is 0 Å². The Labute approximate surface area is 160 Å². The number of rotatable bonds is 5. The molecule has 0 fully saturated rings. The molecule has 0 radical (unpaired) electrons. The highest BCUT2D eigenvalue weighted by atomic mass is 16.6. The third-order valence-corrected chi connectivity index (χ3v) is 3.99. The Morgan fingerprint density at radius 2 is 1.64 bits per heavy atom. The number of phenols is 1. The topological polar surface area (TPSA) is 103 Å². The maximum Gasteiger partial charge on any atom is 0.311 e. The van der Waals surface area contributed by atoms with Crippen LogP contribution >= 0.6 is 0 Å². The first kappa shape index (κ1) is 19.2. The molecule has 0 spiro atoms. The van der Waals surface area contributed by atoms with E-state index in [-0.39, 0.29) is 41.1 Å².